The standard InChI is InChI=1S/C21H27F5N4O2S/c1-12(28-33(32)19(2,3)4)14-10-13(21(24,25)26)11-15-16(14)27-18(29(5)17(15)31)30-8-6-20(22,23)7-9-30/h10-12,28H,6-9H2,1-5H3/t12?,33-/m1/s1. The van der Waals surface area contributed by atoms with Gasteiger partial charge in [-0.15, -0.1) is 0 Å². The highest BCUT2D eigenvalue weighted by Gasteiger charge is 2.36. The molecule has 0 radical (unpaired) electrons. The monoisotopic (exact) mass is 494 g/mol. The summed E-state index contributed by atoms with van der Waals surface area (Å²) in [4.78, 5) is 19.0. The molecule has 33 heavy (non-hydrogen) atoms. The van der Waals surface area contributed by atoms with Gasteiger partial charge in [0.1, 0.15) is 0 Å². The molecular weight excluding hydrogens is 467 g/mol. The fourth-order valence-electron chi connectivity index (χ4n) is 3.60. The lowest BCUT2D eigenvalue weighted by molar-refractivity contribution is -0.137. The number of alkyl halides is 5. The minimum absolute atomic E-state index is 0.0179. The predicted octanol–water partition coefficient (Wildman–Crippen LogP) is 4.30. The molecule has 0 spiro atoms. The molecule has 2 aromatic rings. The first-order valence-electron chi connectivity index (χ1n) is 10.4. The lowest BCUT2D eigenvalue weighted by Crippen LogP contribution is -2.42. The lowest BCUT2D eigenvalue weighted by atomic mass is 10.0. The van der Waals surface area contributed by atoms with E-state index in [0.717, 1.165) is 16.7 Å². The molecule has 1 aromatic carbocycles. The van der Waals surface area contributed by atoms with Gasteiger partial charge in [-0.1, -0.05) is 0 Å². The number of nitrogens with zero attached hydrogens (tertiary/aromatic N) is 3. The highest BCUT2D eigenvalue weighted by molar-refractivity contribution is 7.84. The lowest BCUT2D eigenvalue weighted by Gasteiger charge is -2.33. The van der Waals surface area contributed by atoms with Crippen molar-refractivity contribution in [2.24, 2.45) is 7.05 Å². The van der Waals surface area contributed by atoms with Gasteiger partial charge >= 0.3 is 6.18 Å². The van der Waals surface area contributed by atoms with Crippen LogP contribution >= 0.6 is 0 Å². The largest absolute Gasteiger partial charge is 0.416 e. The van der Waals surface area contributed by atoms with Gasteiger partial charge in [-0.3, -0.25) is 9.36 Å². The summed E-state index contributed by atoms with van der Waals surface area (Å²) in [5, 5.41) is -0.247. The quantitative estimate of drug-likeness (QED) is 0.644. The number of nitrogens with one attached hydrogen (secondary N) is 1. The molecule has 0 amide bonds. The third kappa shape index (κ3) is 5.37. The van der Waals surface area contributed by atoms with E-state index >= 15 is 0 Å². The molecule has 0 bridgehead atoms. The molecule has 184 valence electrons. The molecule has 1 N–H and O–H groups in total. The van der Waals surface area contributed by atoms with Crippen molar-refractivity contribution in [1.29, 1.82) is 0 Å². The first kappa shape index (κ1) is 25.5. The van der Waals surface area contributed by atoms with Crippen LogP contribution < -0.4 is 15.2 Å². The van der Waals surface area contributed by atoms with Crippen molar-refractivity contribution in [3.8, 4) is 0 Å². The maximum atomic E-state index is 13.6. The number of benzene rings is 1. The summed E-state index contributed by atoms with van der Waals surface area (Å²) >= 11 is 0. The molecule has 12 heteroatoms. The predicted molar refractivity (Wildman–Crippen MR) is 118 cm³/mol. The Morgan fingerprint density at radius 3 is 2.24 bits per heavy atom. The Kier molecular flexibility index (Phi) is 6.66. The zero-order valence-electron chi connectivity index (χ0n) is 19.0. The molecule has 1 saturated heterocycles. The van der Waals surface area contributed by atoms with Crippen LogP contribution in [0.4, 0.5) is 27.9 Å². The number of aromatic nitrogens is 2. The van der Waals surface area contributed by atoms with E-state index in [9.17, 15) is 31.0 Å². The molecule has 2 atom stereocenters. The second-order valence-corrected chi connectivity index (χ2v) is 11.3. The van der Waals surface area contributed by atoms with Gasteiger partial charge in [0.15, 0.2) is 0 Å². The minimum Gasteiger partial charge on any atom is -0.342 e. The van der Waals surface area contributed by atoms with Gasteiger partial charge < -0.3 is 4.90 Å². The summed E-state index contributed by atoms with van der Waals surface area (Å²) in [7, 11) is -0.249. The fraction of sp³-hybridized carbons (Fsp3) is 0.619. The summed E-state index contributed by atoms with van der Waals surface area (Å²) in [6.07, 6.45) is -5.54. The SMILES string of the molecule is CC(N[S@](=O)C(C)(C)C)c1cc(C(F)(F)F)cc2c(=O)n(C)c(N3CCC(F)(F)CC3)nc12. The number of hydrogen-bond donors (Lipinski definition) is 1. The first-order valence-corrected chi connectivity index (χ1v) is 11.6. The van der Waals surface area contributed by atoms with Gasteiger partial charge in [0, 0.05) is 39.0 Å². The number of fused-ring (bicyclic) bond motifs is 1. The van der Waals surface area contributed by atoms with Crippen LogP contribution in [0.3, 0.4) is 0 Å². The molecule has 1 aliphatic heterocycles. The summed E-state index contributed by atoms with van der Waals surface area (Å²) in [6.45, 7) is 6.59. The Morgan fingerprint density at radius 1 is 1.15 bits per heavy atom. The van der Waals surface area contributed by atoms with E-state index < -0.39 is 57.8 Å². The molecule has 1 aliphatic rings. The van der Waals surface area contributed by atoms with Crippen LogP contribution in [0, 0.1) is 0 Å². The van der Waals surface area contributed by atoms with Crippen LogP contribution in [0.5, 0.6) is 0 Å². The molecule has 0 aliphatic carbocycles. The Hall–Kier alpha value is -2.08. The van der Waals surface area contributed by atoms with Crippen molar-refractivity contribution in [3.63, 3.8) is 0 Å². The summed E-state index contributed by atoms with van der Waals surface area (Å²) < 4.78 is 83.8. The third-order valence-corrected chi connectivity index (χ3v) is 7.28. The fourth-order valence-corrected chi connectivity index (χ4v) is 4.40. The average molecular weight is 495 g/mol. The summed E-state index contributed by atoms with van der Waals surface area (Å²) in [5.41, 5.74) is -1.67. The van der Waals surface area contributed by atoms with Crippen molar-refractivity contribution in [3.05, 3.63) is 33.6 Å². The van der Waals surface area contributed by atoms with Gasteiger partial charge in [-0.2, -0.15) is 13.2 Å². The number of rotatable bonds is 4. The van der Waals surface area contributed by atoms with E-state index in [2.05, 4.69) is 9.71 Å². The third-order valence-electron chi connectivity index (χ3n) is 5.60. The normalized spacial score (nSPS) is 19.0. The van der Waals surface area contributed by atoms with Crippen molar-refractivity contribution >= 4 is 27.8 Å². The van der Waals surface area contributed by atoms with E-state index in [1.54, 1.807) is 27.7 Å². The first-order chi connectivity index (χ1) is 15.0. The number of halogens is 5. The van der Waals surface area contributed by atoms with Crippen molar-refractivity contribution in [2.45, 2.75) is 63.4 Å². The second-order valence-electron chi connectivity index (χ2n) is 9.30. The Labute approximate surface area is 190 Å². The molecule has 0 saturated carbocycles. The van der Waals surface area contributed by atoms with E-state index in [1.165, 1.54) is 11.9 Å². The zero-order valence-corrected chi connectivity index (χ0v) is 19.8. The molecule has 1 unspecified atom stereocenters. The van der Waals surface area contributed by atoms with Crippen LogP contribution in [0.25, 0.3) is 10.9 Å². The van der Waals surface area contributed by atoms with Crippen LogP contribution in [-0.2, 0) is 24.2 Å². The van der Waals surface area contributed by atoms with Gasteiger partial charge in [0.05, 0.1) is 32.2 Å². The Balaban J connectivity index is 2.19. The maximum absolute atomic E-state index is 13.6. The number of hydrogen-bond acceptors (Lipinski definition) is 4. The van der Waals surface area contributed by atoms with E-state index in [4.69, 9.17) is 0 Å². The van der Waals surface area contributed by atoms with Crippen LogP contribution in [0.1, 0.15) is 57.7 Å². The number of anilines is 1. The summed E-state index contributed by atoms with van der Waals surface area (Å²) in [5.74, 6) is -2.71. The van der Waals surface area contributed by atoms with Crippen LogP contribution in [0.15, 0.2) is 16.9 Å². The van der Waals surface area contributed by atoms with Crippen LogP contribution in [0.2, 0.25) is 0 Å². The summed E-state index contributed by atoms with van der Waals surface area (Å²) in [6, 6.07) is 0.795. The van der Waals surface area contributed by atoms with Gasteiger partial charge in [-0.05, 0) is 45.4 Å². The molecule has 2 heterocycles. The molecule has 3 rings (SSSR count). The molecule has 6 nitrogen and oxygen atoms in total. The van der Waals surface area contributed by atoms with Gasteiger partial charge in [0.25, 0.3) is 11.5 Å². The van der Waals surface area contributed by atoms with E-state index in [0.29, 0.717) is 0 Å². The Morgan fingerprint density at radius 2 is 1.73 bits per heavy atom. The average Bonchev–Trinajstić information content (AvgIpc) is 2.68. The topological polar surface area (TPSA) is 67.2 Å². The van der Waals surface area contributed by atoms with E-state index in [-0.39, 0.29) is 35.5 Å². The highest BCUT2D eigenvalue weighted by Crippen LogP contribution is 2.35. The van der Waals surface area contributed by atoms with Crippen molar-refractivity contribution in [1.82, 2.24) is 14.3 Å². The minimum atomic E-state index is -4.71. The van der Waals surface area contributed by atoms with Gasteiger partial charge in [-0.25, -0.2) is 22.7 Å². The molecule has 1 fully saturated rings. The van der Waals surface area contributed by atoms with Crippen molar-refractivity contribution < 1.29 is 26.2 Å². The zero-order chi connectivity index (χ0) is 24.9. The van der Waals surface area contributed by atoms with E-state index in [1.807, 2.05) is 0 Å². The molecular formula is C21H27F5N4O2S. The highest BCUT2D eigenvalue weighted by atomic mass is 32.2. The Bertz CT molecular complexity index is 1130. The smallest absolute Gasteiger partial charge is 0.342 e. The maximum Gasteiger partial charge on any atom is 0.416 e. The van der Waals surface area contributed by atoms with Crippen molar-refractivity contribution in [2.75, 3.05) is 18.0 Å². The molecule has 1 aromatic heterocycles. The second kappa shape index (κ2) is 8.61. The van der Waals surface area contributed by atoms with Crippen LogP contribution in [-0.4, -0.2) is 37.5 Å². The number of piperidine rings is 1. The van der Waals surface area contributed by atoms with Gasteiger partial charge in [0.2, 0.25) is 5.95 Å².